The van der Waals surface area contributed by atoms with Crippen LogP contribution in [0.5, 0.6) is 0 Å². The maximum atomic E-state index is 12.9. The minimum Gasteiger partial charge on any atom is -0.445 e. The maximum Gasteiger partial charge on any atom is 0.408 e. The van der Waals surface area contributed by atoms with Crippen LogP contribution in [0.2, 0.25) is 0 Å². The first-order valence-electron chi connectivity index (χ1n) is 16.1. The van der Waals surface area contributed by atoms with E-state index in [1.165, 1.54) is 6.92 Å². The fraction of sp³-hybridized carbons (Fsp3) is 0.529. The lowest BCUT2D eigenvalue weighted by molar-refractivity contribution is -0.123. The molecule has 0 bridgehead atoms. The number of unbranched alkanes of at least 4 members (excludes halogenated alkanes) is 1. The van der Waals surface area contributed by atoms with Crippen LogP contribution in [0, 0.1) is 0 Å². The molecule has 2 rings (SSSR count). The molecule has 4 amide bonds. The lowest BCUT2D eigenvalue weighted by Crippen LogP contribution is -2.47. The van der Waals surface area contributed by atoms with Gasteiger partial charge in [-0.25, -0.2) is 9.59 Å². The minimum absolute atomic E-state index is 0.0502. The Kier molecular flexibility index (Phi) is 21.5. The Morgan fingerprint density at radius 3 is 1.62 bits per heavy atom. The zero-order chi connectivity index (χ0) is 33.8. The van der Waals surface area contributed by atoms with Gasteiger partial charge in [-0.05, 0) is 43.2 Å². The summed E-state index contributed by atoms with van der Waals surface area (Å²) in [5, 5.41) is 10.9. The van der Waals surface area contributed by atoms with Crippen LogP contribution >= 0.6 is 0 Å². The number of carbonyl (C=O) groups excluding carboxylic acids is 4. The molecule has 0 spiro atoms. The van der Waals surface area contributed by atoms with E-state index in [-0.39, 0.29) is 25.0 Å². The summed E-state index contributed by atoms with van der Waals surface area (Å²) in [6.45, 7) is 5.85. The average Bonchev–Trinajstić information content (AvgIpc) is 3.08. The summed E-state index contributed by atoms with van der Waals surface area (Å²) < 4.78 is 27.0. The molecule has 0 unspecified atom stereocenters. The van der Waals surface area contributed by atoms with Gasteiger partial charge in [0.1, 0.15) is 19.3 Å². The number of hydrogen-bond acceptors (Lipinski definition) is 9. The molecule has 0 saturated carbocycles. The molecule has 0 heterocycles. The number of ether oxygens (including phenoxy) is 5. The molecule has 13 nitrogen and oxygen atoms in total. The van der Waals surface area contributed by atoms with Crippen molar-refractivity contribution >= 4 is 24.0 Å². The molecule has 47 heavy (non-hydrogen) atoms. The molecule has 0 fully saturated rings. The third-order valence-electron chi connectivity index (χ3n) is 6.57. The van der Waals surface area contributed by atoms with Crippen molar-refractivity contribution in [3.05, 3.63) is 71.8 Å². The van der Waals surface area contributed by atoms with E-state index < -0.39 is 18.2 Å². The van der Waals surface area contributed by atoms with Gasteiger partial charge in [0.15, 0.2) is 0 Å². The Morgan fingerprint density at radius 2 is 1.06 bits per heavy atom. The van der Waals surface area contributed by atoms with E-state index in [1.807, 2.05) is 60.7 Å². The quantitative estimate of drug-likeness (QED) is 0.117. The number of rotatable bonds is 25. The van der Waals surface area contributed by atoms with Crippen molar-refractivity contribution in [3.63, 3.8) is 0 Å². The van der Waals surface area contributed by atoms with Gasteiger partial charge < -0.3 is 45.0 Å². The minimum atomic E-state index is -0.801. The highest BCUT2D eigenvalue weighted by Crippen LogP contribution is 2.05. The van der Waals surface area contributed by atoms with Crippen molar-refractivity contribution < 1.29 is 42.9 Å². The molecule has 4 N–H and O–H groups in total. The zero-order valence-electron chi connectivity index (χ0n) is 27.3. The molecule has 13 heteroatoms. The van der Waals surface area contributed by atoms with E-state index in [2.05, 4.69) is 21.3 Å². The molecule has 0 aliphatic heterocycles. The second-order valence-electron chi connectivity index (χ2n) is 10.6. The number of carbonyl (C=O) groups is 4. The molecule has 260 valence electrons. The van der Waals surface area contributed by atoms with E-state index in [0.29, 0.717) is 85.0 Å². The summed E-state index contributed by atoms with van der Waals surface area (Å²) in [6, 6.07) is 17.9. The highest BCUT2D eigenvalue weighted by molar-refractivity contribution is 5.85. The van der Waals surface area contributed by atoms with Crippen molar-refractivity contribution in [1.82, 2.24) is 21.3 Å². The van der Waals surface area contributed by atoms with Crippen molar-refractivity contribution in [1.29, 1.82) is 0 Å². The van der Waals surface area contributed by atoms with Gasteiger partial charge in [-0.2, -0.15) is 0 Å². The summed E-state index contributed by atoms with van der Waals surface area (Å²) in [6.07, 6.45) is 1.66. The normalized spacial score (nSPS) is 11.3. The van der Waals surface area contributed by atoms with Crippen molar-refractivity contribution in [2.75, 3.05) is 59.3 Å². The third-order valence-corrected chi connectivity index (χ3v) is 6.57. The molecule has 1 atom stereocenters. The van der Waals surface area contributed by atoms with Crippen LogP contribution < -0.4 is 21.3 Å². The molecule has 0 aliphatic carbocycles. The van der Waals surface area contributed by atoms with Crippen LogP contribution in [0.1, 0.15) is 50.2 Å². The molecular formula is C34H50N4O9. The Hall–Kier alpha value is -4.20. The third kappa shape index (κ3) is 21.3. The maximum absolute atomic E-state index is 12.9. The summed E-state index contributed by atoms with van der Waals surface area (Å²) in [4.78, 5) is 48.2. The largest absolute Gasteiger partial charge is 0.445 e. The molecule has 0 aliphatic rings. The van der Waals surface area contributed by atoms with Crippen LogP contribution in [-0.4, -0.2) is 89.3 Å². The van der Waals surface area contributed by atoms with Crippen molar-refractivity contribution in [2.45, 2.75) is 58.3 Å². The van der Waals surface area contributed by atoms with E-state index in [0.717, 1.165) is 17.5 Å². The second kappa shape index (κ2) is 25.9. The van der Waals surface area contributed by atoms with Crippen LogP contribution in [0.25, 0.3) is 0 Å². The topological polar surface area (TPSA) is 163 Å². The molecule has 2 aromatic rings. The first-order chi connectivity index (χ1) is 22.9. The molecule has 2 aromatic carbocycles. The number of hydrogen-bond donors (Lipinski definition) is 4. The summed E-state index contributed by atoms with van der Waals surface area (Å²) in [5.74, 6) is -0.372. The van der Waals surface area contributed by atoms with Crippen LogP contribution in [0.15, 0.2) is 60.7 Å². The monoisotopic (exact) mass is 658 g/mol. The van der Waals surface area contributed by atoms with Crippen molar-refractivity contribution in [2.24, 2.45) is 0 Å². The molecular weight excluding hydrogens is 608 g/mol. The lowest BCUT2D eigenvalue weighted by atomic mass is 10.1. The SMILES string of the molecule is CC(=O)NCCCOCCOCCOCCCNC(=O)[C@H](CCCCNC(=O)OCc1ccccc1)NC(=O)OCc1ccccc1. The van der Waals surface area contributed by atoms with Gasteiger partial charge in [0, 0.05) is 39.8 Å². The van der Waals surface area contributed by atoms with Gasteiger partial charge in [-0.15, -0.1) is 0 Å². The van der Waals surface area contributed by atoms with Crippen LogP contribution in [0.4, 0.5) is 9.59 Å². The Bertz CT molecular complexity index is 1140. The lowest BCUT2D eigenvalue weighted by Gasteiger charge is -2.18. The van der Waals surface area contributed by atoms with Crippen molar-refractivity contribution in [3.8, 4) is 0 Å². The fourth-order valence-corrected chi connectivity index (χ4v) is 4.10. The summed E-state index contributed by atoms with van der Waals surface area (Å²) in [5.41, 5.74) is 1.73. The number of alkyl carbamates (subject to hydrolysis) is 2. The summed E-state index contributed by atoms with van der Waals surface area (Å²) in [7, 11) is 0. The Balaban J connectivity index is 1.60. The van der Waals surface area contributed by atoms with Gasteiger partial charge in [0.25, 0.3) is 0 Å². The molecule has 0 saturated heterocycles. The Morgan fingerprint density at radius 1 is 0.574 bits per heavy atom. The predicted molar refractivity (Wildman–Crippen MR) is 175 cm³/mol. The second-order valence-corrected chi connectivity index (χ2v) is 10.6. The van der Waals surface area contributed by atoms with Gasteiger partial charge in [0.05, 0.1) is 26.4 Å². The highest BCUT2D eigenvalue weighted by atomic mass is 16.6. The van der Waals surface area contributed by atoms with E-state index in [1.54, 1.807) is 0 Å². The molecule has 0 aromatic heterocycles. The predicted octanol–water partition coefficient (Wildman–Crippen LogP) is 3.46. The Labute approximate surface area is 277 Å². The first kappa shape index (κ1) is 39.0. The number of amides is 4. The van der Waals surface area contributed by atoms with Gasteiger partial charge in [0.2, 0.25) is 11.8 Å². The molecule has 0 radical (unpaired) electrons. The number of benzene rings is 2. The van der Waals surface area contributed by atoms with Gasteiger partial charge >= 0.3 is 12.2 Å². The van der Waals surface area contributed by atoms with Crippen LogP contribution in [0.3, 0.4) is 0 Å². The van der Waals surface area contributed by atoms with Crippen LogP contribution in [-0.2, 0) is 46.5 Å². The number of nitrogens with one attached hydrogen (secondary N) is 4. The smallest absolute Gasteiger partial charge is 0.408 e. The van der Waals surface area contributed by atoms with E-state index in [4.69, 9.17) is 23.7 Å². The first-order valence-corrected chi connectivity index (χ1v) is 16.1. The van der Waals surface area contributed by atoms with Gasteiger partial charge in [-0.3, -0.25) is 9.59 Å². The van der Waals surface area contributed by atoms with Gasteiger partial charge in [-0.1, -0.05) is 60.7 Å². The van der Waals surface area contributed by atoms with E-state index >= 15 is 0 Å². The zero-order valence-corrected chi connectivity index (χ0v) is 27.3. The highest BCUT2D eigenvalue weighted by Gasteiger charge is 2.21. The summed E-state index contributed by atoms with van der Waals surface area (Å²) >= 11 is 0. The van der Waals surface area contributed by atoms with E-state index in [9.17, 15) is 19.2 Å². The standard InChI is InChI=1S/C34H50N4O9/c1-28(39)35-18-10-20-43-22-24-45-25-23-44-21-11-19-36-32(40)31(38-34(42)47-27-30-14-6-3-7-15-30)16-8-9-17-37-33(41)46-26-29-12-4-2-5-13-29/h2-7,12-15,31H,8-11,16-27H2,1H3,(H,35,39)(H,36,40)(H,37,41)(H,38,42)/t31-/m0/s1. The fourth-order valence-electron chi connectivity index (χ4n) is 4.10. The average molecular weight is 659 g/mol.